The van der Waals surface area contributed by atoms with Crippen LogP contribution in [0.2, 0.25) is 0 Å². The van der Waals surface area contributed by atoms with Gasteiger partial charge in [-0.15, -0.1) is 0 Å². The van der Waals surface area contributed by atoms with Crippen LogP contribution in [0.3, 0.4) is 0 Å². The molecule has 3 aliphatic heterocycles. The van der Waals surface area contributed by atoms with Crippen LogP contribution in [0, 0.1) is 5.92 Å². The van der Waals surface area contributed by atoms with Gasteiger partial charge in [0.15, 0.2) is 0 Å². The highest BCUT2D eigenvalue weighted by Crippen LogP contribution is 2.33. The van der Waals surface area contributed by atoms with Gasteiger partial charge in [0, 0.05) is 25.6 Å². The Bertz CT molecular complexity index is 1160. The molecule has 3 heterocycles. The Morgan fingerprint density at radius 3 is 2.76 bits per heavy atom. The Kier molecular flexibility index (Phi) is 9.41. The molecule has 0 spiro atoms. The van der Waals surface area contributed by atoms with Crippen molar-refractivity contribution in [3.05, 3.63) is 47.5 Å². The highest BCUT2D eigenvalue weighted by Gasteiger charge is 2.46. The zero-order valence-electron chi connectivity index (χ0n) is 23.3. The van der Waals surface area contributed by atoms with Gasteiger partial charge in [0.1, 0.15) is 31.5 Å². The summed E-state index contributed by atoms with van der Waals surface area (Å²) in [4.78, 5) is 55.7. The lowest BCUT2D eigenvalue weighted by molar-refractivity contribution is -0.140. The highest BCUT2D eigenvalue weighted by molar-refractivity contribution is 5.92. The van der Waals surface area contributed by atoms with Crippen LogP contribution < -0.4 is 10.6 Å². The summed E-state index contributed by atoms with van der Waals surface area (Å²) < 4.78 is 23.2. The number of fused-ring (bicyclic) bond motifs is 3. The smallest absolute Gasteiger partial charge is 0.410 e. The van der Waals surface area contributed by atoms with Gasteiger partial charge in [0.25, 0.3) is 0 Å². The molecule has 5 atom stereocenters. The minimum absolute atomic E-state index is 0.0143. The SMILES string of the molecule is O=C(N[C@H]1CCCCC/C=C\[C@@H]2C[C@H]2NC(=O)[C@@H]2C[C@@H](OC(=O)N3CCc4ccccc4C3)CN2C1=O)OCCF. The average Bonchev–Trinajstić information content (AvgIpc) is 3.57. The topological polar surface area (TPSA) is 117 Å². The van der Waals surface area contributed by atoms with Crippen molar-refractivity contribution < 1.29 is 33.0 Å². The molecule has 0 unspecified atom stereocenters. The van der Waals surface area contributed by atoms with Crippen molar-refractivity contribution in [1.29, 1.82) is 0 Å². The number of allylic oxidation sites excluding steroid dienone is 1. The van der Waals surface area contributed by atoms with Crippen molar-refractivity contribution in [3.63, 3.8) is 0 Å². The van der Waals surface area contributed by atoms with Crippen molar-refractivity contribution in [2.24, 2.45) is 5.92 Å². The van der Waals surface area contributed by atoms with Crippen molar-refractivity contribution in [2.75, 3.05) is 26.4 Å². The predicted octanol–water partition coefficient (Wildman–Crippen LogP) is 3.24. The third-order valence-electron chi connectivity index (χ3n) is 8.32. The van der Waals surface area contributed by atoms with E-state index in [2.05, 4.69) is 28.9 Å². The summed E-state index contributed by atoms with van der Waals surface area (Å²) in [6.07, 6.45) is 7.75. The quantitative estimate of drug-likeness (QED) is 0.537. The van der Waals surface area contributed by atoms with Crippen molar-refractivity contribution >= 4 is 24.0 Å². The van der Waals surface area contributed by atoms with Gasteiger partial charge in [-0.05, 0) is 49.1 Å². The van der Waals surface area contributed by atoms with E-state index in [9.17, 15) is 23.6 Å². The number of hydrogen-bond acceptors (Lipinski definition) is 6. The molecule has 2 N–H and O–H groups in total. The Labute approximate surface area is 239 Å². The fourth-order valence-electron chi connectivity index (χ4n) is 5.95. The number of alkyl halides is 1. The molecule has 1 saturated carbocycles. The molecular formula is C30H39FN4O6. The number of hydrogen-bond donors (Lipinski definition) is 2. The molecule has 1 saturated heterocycles. The second-order valence-electron chi connectivity index (χ2n) is 11.3. The zero-order chi connectivity index (χ0) is 28.8. The maximum atomic E-state index is 13.8. The van der Waals surface area contributed by atoms with Gasteiger partial charge in [-0.25, -0.2) is 14.0 Å². The standard InChI is InChI=1S/C30H39FN4O6/c31-13-15-40-29(38)33-24-11-5-3-1-2-4-9-21-16-25(21)32-27(36)26-17-23(19-35(26)28(24)37)41-30(39)34-14-12-20-8-6-7-10-22(20)18-34/h4,6-10,21,23-26H,1-3,5,11-19H2,(H,32,36)(H,33,38)/b9-4-/t21-,23-,24+,25-,26+/m1/s1. The predicted molar refractivity (Wildman–Crippen MR) is 147 cm³/mol. The van der Waals surface area contributed by atoms with Gasteiger partial charge >= 0.3 is 12.2 Å². The Balaban J connectivity index is 1.30. The molecule has 2 fully saturated rings. The number of halogens is 1. The van der Waals surface area contributed by atoms with Crippen molar-refractivity contribution in [1.82, 2.24) is 20.4 Å². The highest BCUT2D eigenvalue weighted by atomic mass is 19.1. The van der Waals surface area contributed by atoms with Gasteiger partial charge in [-0.3, -0.25) is 9.59 Å². The van der Waals surface area contributed by atoms with Gasteiger partial charge in [-0.2, -0.15) is 0 Å². The Morgan fingerprint density at radius 2 is 1.93 bits per heavy atom. The van der Waals surface area contributed by atoms with E-state index in [1.165, 1.54) is 10.5 Å². The number of carbonyl (C=O) groups is 4. The normalized spacial score (nSPS) is 29.0. The fraction of sp³-hybridized carbons (Fsp3) is 0.600. The molecule has 5 rings (SSSR count). The van der Waals surface area contributed by atoms with Crippen molar-refractivity contribution in [2.45, 2.75) is 82.1 Å². The van der Waals surface area contributed by atoms with Crippen LogP contribution in [0.4, 0.5) is 14.0 Å². The summed E-state index contributed by atoms with van der Waals surface area (Å²) in [7, 11) is 0. The number of carbonyl (C=O) groups excluding carboxylic acids is 4. The number of nitrogens with zero attached hydrogens (tertiary/aromatic N) is 2. The van der Waals surface area contributed by atoms with Crippen LogP contribution in [0.5, 0.6) is 0 Å². The van der Waals surface area contributed by atoms with E-state index in [0.717, 1.165) is 37.7 Å². The van der Waals surface area contributed by atoms with E-state index in [0.29, 0.717) is 25.9 Å². The summed E-state index contributed by atoms with van der Waals surface area (Å²) in [5, 5.41) is 5.63. The molecule has 0 aromatic heterocycles. The lowest BCUT2D eigenvalue weighted by Gasteiger charge is -2.29. The van der Waals surface area contributed by atoms with Crippen LogP contribution in [-0.4, -0.2) is 84.4 Å². The van der Waals surface area contributed by atoms with E-state index in [1.54, 1.807) is 4.90 Å². The first-order valence-electron chi connectivity index (χ1n) is 14.7. The van der Waals surface area contributed by atoms with Crippen molar-refractivity contribution in [3.8, 4) is 0 Å². The first-order chi connectivity index (χ1) is 19.9. The molecule has 4 amide bonds. The number of amides is 4. The summed E-state index contributed by atoms with van der Waals surface area (Å²) in [6.45, 7) is -0.226. The number of nitrogens with one attached hydrogen (secondary N) is 2. The average molecular weight is 571 g/mol. The molecule has 0 bridgehead atoms. The van der Waals surface area contributed by atoms with Crippen LogP contribution in [0.15, 0.2) is 36.4 Å². The van der Waals surface area contributed by atoms with Crippen LogP contribution in [0.1, 0.15) is 56.1 Å². The lowest BCUT2D eigenvalue weighted by atomic mass is 10.0. The third-order valence-corrected chi connectivity index (χ3v) is 8.32. The minimum Gasteiger partial charge on any atom is -0.447 e. The van der Waals surface area contributed by atoms with Crippen LogP contribution >= 0.6 is 0 Å². The Morgan fingerprint density at radius 1 is 1.10 bits per heavy atom. The summed E-state index contributed by atoms with van der Waals surface area (Å²) in [5.74, 6) is -0.448. The van der Waals surface area contributed by atoms with Gasteiger partial charge < -0.3 is 29.9 Å². The third kappa shape index (κ3) is 7.37. The van der Waals surface area contributed by atoms with Gasteiger partial charge in [0.05, 0.1) is 6.54 Å². The second-order valence-corrected chi connectivity index (χ2v) is 11.3. The molecule has 1 aliphatic carbocycles. The second kappa shape index (κ2) is 13.4. The van der Waals surface area contributed by atoms with E-state index in [1.807, 2.05) is 18.2 Å². The monoisotopic (exact) mass is 570 g/mol. The molecule has 41 heavy (non-hydrogen) atoms. The number of alkyl carbamates (subject to hydrolysis) is 1. The lowest BCUT2D eigenvalue weighted by Crippen LogP contribution is -2.54. The number of ether oxygens (including phenoxy) is 2. The van der Waals surface area contributed by atoms with Crippen LogP contribution in [-0.2, 0) is 32.0 Å². The first kappa shape index (κ1) is 28.9. The molecule has 1 aromatic rings. The van der Waals surface area contributed by atoms with Crippen LogP contribution in [0.25, 0.3) is 0 Å². The zero-order valence-corrected chi connectivity index (χ0v) is 23.3. The molecule has 10 nitrogen and oxygen atoms in total. The van der Waals surface area contributed by atoms with E-state index >= 15 is 0 Å². The maximum absolute atomic E-state index is 13.8. The largest absolute Gasteiger partial charge is 0.447 e. The number of benzene rings is 1. The molecule has 4 aliphatic rings. The summed E-state index contributed by atoms with van der Waals surface area (Å²) in [5.41, 5.74) is 2.29. The molecule has 222 valence electrons. The molecule has 0 radical (unpaired) electrons. The summed E-state index contributed by atoms with van der Waals surface area (Å²) in [6, 6.07) is 6.21. The molecule has 11 heteroatoms. The van der Waals surface area contributed by atoms with Gasteiger partial charge in [0.2, 0.25) is 11.8 Å². The maximum Gasteiger partial charge on any atom is 0.410 e. The van der Waals surface area contributed by atoms with E-state index in [-0.39, 0.29) is 30.8 Å². The van der Waals surface area contributed by atoms with E-state index < -0.39 is 49.6 Å². The van der Waals surface area contributed by atoms with E-state index in [4.69, 9.17) is 9.47 Å². The van der Waals surface area contributed by atoms with Gasteiger partial charge in [-0.1, -0.05) is 49.3 Å². The molecule has 1 aromatic carbocycles. The fourth-order valence-corrected chi connectivity index (χ4v) is 5.95. The summed E-state index contributed by atoms with van der Waals surface area (Å²) >= 11 is 0. The Hall–Kier alpha value is -3.63. The first-order valence-corrected chi connectivity index (χ1v) is 14.7. The number of rotatable bonds is 4. The molecular weight excluding hydrogens is 531 g/mol. The minimum atomic E-state index is -0.945.